The number of nitrogens with zero attached hydrogens (tertiary/aromatic N) is 1. The van der Waals surface area contributed by atoms with Crippen LogP contribution in [0.1, 0.15) is 44.9 Å². The van der Waals surface area contributed by atoms with Gasteiger partial charge in [-0.15, -0.1) is 0 Å². The van der Waals surface area contributed by atoms with Crippen molar-refractivity contribution in [3.8, 4) is 6.07 Å². The first-order valence-corrected chi connectivity index (χ1v) is 5.62. The minimum atomic E-state index is -0.0324. The molecule has 2 aliphatic carbocycles. The van der Waals surface area contributed by atoms with E-state index in [1.807, 2.05) is 12.1 Å². The maximum Gasteiger partial charge on any atom is 0.281 e. The number of carbonyl (C=O) groups is 1. The molecule has 0 aromatic rings. The van der Waals surface area contributed by atoms with Crippen molar-refractivity contribution >= 4 is 12.6 Å². The molecule has 1 saturated carbocycles. The molecule has 1 unspecified atom stereocenters. The average molecular weight is 274 g/mol. The normalized spacial score (nSPS) is 20.2. The van der Waals surface area contributed by atoms with Crippen molar-refractivity contribution in [1.29, 1.82) is 5.26 Å². The van der Waals surface area contributed by atoms with Gasteiger partial charge in [0.25, 0.3) is 6.79 Å². The van der Waals surface area contributed by atoms with E-state index in [1.165, 1.54) is 32.1 Å². The second-order valence-corrected chi connectivity index (χ2v) is 3.87. The zero-order valence-electron chi connectivity index (χ0n) is 9.82. The van der Waals surface area contributed by atoms with E-state index in [1.54, 1.807) is 6.08 Å². The third-order valence-corrected chi connectivity index (χ3v) is 2.69. The van der Waals surface area contributed by atoms with E-state index in [4.69, 9.17) is 10.1 Å². The van der Waals surface area contributed by atoms with Crippen LogP contribution in [0.5, 0.6) is 0 Å². The van der Waals surface area contributed by atoms with E-state index >= 15 is 0 Å². The van der Waals surface area contributed by atoms with Crippen molar-refractivity contribution in [2.45, 2.75) is 44.9 Å². The number of allylic oxidation sites excluding steroid dienone is 2. The molecule has 0 aliphatic heterocycles. The maximum absolute atomic E-state index is 10.7. The van der Waals surface area contributed by atoms with Crippen LogP contribution in [0.15, 0.2) is 12.2 Å². The summed E-state index contributed by atoms with van der Waals surface area (Å²) in [6, 6.07) is 1.98. The number of ketones is 1. The molecular weight excluding hydrogens is 257 g/mol. The molecular formula is C13H17MnNO2. The van der Waals surface area contributed by atoms with Crippen LogP contribution in [-0.2, 0) is 26.7 Å². The Labute approximate surface area is 114 Å². The van der Waals surface area contributed by atoms with Gasteiger partial charge in [-0.2, -0.15) is 5.26 Å². The fraction of sp³-hybridized carbons (Fsp3) is 0.615. The molecule has 4 heteroatoms. The van der Waals surface area contributed by atoms with Gasteiger partial charge in [0.1, 0.15) is 0 Å². The summed E-state index contributed by atoms with van der Waals surface area (Å²) >= 11 is 0. The third-order valence-electron chi connectivity index (χ3n) is 2.69. The molecule has 93 valence electrons. The number of hydrogen-bond acceptors (Lipinski definition) is 3. The summed E-state index contributed by atoms with van der Waals surface area (Å²) in [5, 5.41) is 8.21. The predicted octanol–water partition coefficient (Wildman–Crippen LogP) is 2.60. The van der Waals surface area contributed by atoms with E-state index < -0.39 is 0 Å². The molecule has 2 aliphatic rings. The zero-order valence-corrected chi connectivity index (χ0v) is 11.0. The van der Waals surface area contributed by atoms with E-state index in [9.17, 15) is 4.79 Å². The van der Waals surface area contributed by atoms with Gasteiger partial charge >= 0.3 is 0 Å². The number of hydrogen-bond donors (Lipinski definition) is 0. The molecule has 2 rings (SSSR count). The quantitative estimate of drug-likeness (QED) is 0.690. The monoisotopic (exact) mass is 274 g/mol. The fourth-order valence-electron chi connectivity index (χ4n) is 1.78. The summed E-state index contributed by atoms with van der Waals surface area (Å²) in [5.41, 5.74) is 0. The van der Waals surface area contributed by atoms with Crippen molar-refractivity contribution < 1.29 is 26.7 Å². The SMILES string of the molecule is C1CCCC1.N#CCC1CC=CC1=O.[C]=O.[Mn]. The standard InChI is InChI=1S/C7H7NO.C5H10.CO.Mn/c8-5-4-6-2-1-3-7(6)9;1-2-4-5-3-1;1-2;/h1,3,6H,2,4H2;1-5H2;;. The van der Waals surface area contributed by atoms with Gasteiger partial charge in [-0.3, -0.25) is 9.59 Å². The topological polar surface area (TPSA) is 57.9 Å². The van der Waals surface area contributed by atoms with Crippen molar-refractivity contribution in [2.75, 3.05) is 0 Å². The Morgan fingerprint density at radius 2 is 1.71 bits per heavy atom. The molecule has 0 aromatic heterocycles. The van der Waals surface area contributed by atoms with E-state index in [0.29, 0.717) is 6.42 Å². The smallest absolute Gasteiger partial charge is 0.281 e. The molecule has 0 saturated heterocycles. The van der Waals surface area contributed by atoms with E-state index in [0.717, 1.165) is 6.42 Å². The van der Waals surface area contributed by atoms with Gasteiger partial charge in [-0.1, -0.05) is 38.2 Å². The van der Waals surface area contributed by atoms with Crippen LogP contribution in [0.4, 0.5) is 0 Å². The summed E-state index contributed by atoms with van der Waals surface area (Å²) in [7, 11) is 0. The van der Waals surface area contributed by atoms with Crippen LogP contribution in [-0.4, -0.2) is 12.6 Å². The minimum Gasteiger partial charge on any atom is -0.295 e. The summed E-state index contributed by atoms with van der Waals surface area (Å²) in [6.45, 7) is 4.50. The summed E-state index contributed by atoms with van der Waals surface area (Å²) in [4.78, 5) is 18.2. The summed E-state index contributed by atoms with van der Waals surface area (Å²) in [5.74, 6) is 0.0755. The fourth-order valence-corrected chi connectivity index (χ4v) is 1.78. The average Bonchev–Trinajstić information content (AvgIpc) is 2.98. The Bertz CT molecular complexity index is 259. The van der Waals surface area contributed by atoms with Gasteiger partial charge in [0.15, 0.2) is 5.78 Å². The van der Waals surface area contributed by atoms with Crippen molar-refractivity contribution in [3.63, 3.8) is 0 Å². The zero-order chi connectivity index (χ0) is 12.2. The molecule has 1 atom stereocenters. The third kappa shape index (κ3) is 8.85. The van der Waals surface area contributed by atoms with Gasteiger partial charge in [0.05, 0.1) is 6.07 Å². The number of nitriles is 1. The van der Waals surface area contributed by atoms with Gasteiger partial charge in [0, 0.05) is 29.4 Å². The first kappa shape index (κ1) is 18.5. The van der Waals surface area contributed by atoms with E-state index in [-0.39, 0.29) is 28.8 Å². The molecule has 0 bridgehead atoms. The molecule has 0 spiro atoms. The first-order valence-electron chi connectivity index (χ1n) is 5.62. The van der Waals surface area contributed by atoms with Gasteiger partial charge in [-0.25, -0.2) is 0 Å². The van der Waals surface area contributed by atoms with Crippen molar-refractivity contribution in [3.05, 3.63) is 12.2 Å². The predicted molar refractivity (Wildman–Crippen MR) is 61.3 cm³/mol. The van der Waals surface area contributed by atoms with Crippen molar-refractivity contribution in [1.82, 2.24) is 0 Å². The minimum absolute atomic E-state index is 0. The van der Waals surface area contributed by atoms with Crippen LogP contribution in [0.2, 0.25) is 0 Å². The van der Waals surface area contributed by atoms with Crippen LogP contribution in [0.3, 0.4) is 0 Å². The second-order valence-electron chi connectivity index (χ2n) is 3.87. The van der Waals surface area contributed by atoms with E-state index in [2.05, 4.69) is 6.79 Å². The Balaban J connectivity index is 0. The molecule has 0 N–H and O–H groups in total. The van der Waals surface area contributed by atoms with Gasteiger partial charge in [-0.05, 0) is 12.5 Å². The second kappa shape index (κ2) is 13.2. The molecule has 0 amide bonds. The molecule has 17 heavy (non-hydrogen) atoms. The van der Waals surface area contributed by atoms with Crippen molar-refractivity contribution in [2.24, 2.45) is 5.92 Å². The summed E-state index contributed by atoms with van der Waals surface area (Å²) in [6.07, 6.45) is 12.0. The Hall–Kier alpha value is -0.911. The number of carbonyl (C=O) groups excluding carboxylic acids is 2. The van der Waals surface area contributed by atoms with Crippen LogP contribution in [0.25, 0.3) is 0 Å². The molecule has 0 aromatic carbocycles. The Morgan fingerprint density at radius 3 is 2.00 bits per heavy atom. The Kier molecular flexibility index (Phi) is 14.3. The van der Waals surface area contributed by atoms with Gasteiger partial charge in [0.2, 0.25) is 0 Å². The number of rotatable bonds is 1. The largest absolute Gasteiger partial charge is 0.295 e. The summed E-state index contributed by atoms with van der Waals surface area (Å²) < 4.78 is 0. The molecule has 0 heterocycles. The Morgan fingerprint density at radius 1 is 1.24 bits per heavy atom. The van der Waals surface area contributed by atoms with Crippen LogP contribution in [0, 0.1) is 17.2 Å². The first-order chi connectivity index (χ1) is 7.84. The molecule has 3 radical (unpaired) electrons. The van der Waals surface area contributed by atoms with Crippen LogP contribution >= 0.6 is 0 Å². The van der Waals surface area contributed by atoms with Crippen LogP contribution < -0.4 is 0 Å². The maximum atomic E-state index is 10.7. The van der Waals surface area contributed by atoms with Gasteiger partial charge < -0.3 is 0 Å². The molecule has 3 nitrogen and oxygen atoms in total. The molecule has 1 fully saturated rings.